The molecule has 122 valence electrons. The summed E-state index contributed by atoms with van der Waals surface area (Å²) in [6.45, 7) is 0.953. The van der Waals surface area contributed by atoms with E-state index in [1.165, 1.54) is 37.7 Å². The zero-order valence-electron chi connectivity index (χ0n) is 13.7. The van der Waals surface area contributed by atoms with Crippen molar-refractivity contribution < 1.29 is 4.79 Å². The third kappa shape index (κ3) is 2.23. The summed E-state index contributed by atoms with van der Waals surface area (Å²) in [7, 11) is 0. The summed E-state index contributed by atoms with van der Waals surface area (Å²) in [6, 6.07) is 4.48. The van der Waals surface area contributed by atoms with Gasteiger partial charge in [0.1, 0.15) is 0 Å². The molecule has 4 saturated carbocycles. The topological polar surface area (TPSA) is 33.2 Å². The fraction of sp³-hybridized carbons (Fsp3) is 0.700. The molecule has 3 heteroatoms. The Bertz CT molecular complexity index is 571. The first-order valence-electron chi connectivity index (χ1n) is 9.50. The lowest BCUT2D eigenvalue weighted by molar-refractivity contribution is -0.150. The minimum absolute atomic E-state index is 0.294. The Morgan fingerprint density at radius 2 is 1.65 bits per heavy atom. The molecule has 1 saturated heterocycles. The molecule has 1 aromatic rings. The average molecular weight is 310 g/mol. The fourth-order valence-corrected chi connectivity index (χ4v) is 6.48. The number of hydrogen-bond donors (Lipinski definition) is 0. The maximum atomic E-state index is 13.4. The van der Waals surface area contributed by atoms with E-state index in [0.717, 1.165) is 31.2 Å². The Hall–Kier alpha value is -1.38. The summed E-state index contributed by atoms with van der Waals surface area (Å²) < 4.78 is 0. The standard InChI is InChI=1S/C20H26N2O/c23-20(19-16-9-13-8-14(11-16)12-17(19)10-13)22-7-1-2-18(22)15-3-5-21-6-4-15/h3-6,13-14,16-19H,1-2,7-12H2. The number of aromatic nitrogens is 1. The van der Waals surface area contributed by atoms with Crippen molar-refractivity contribution in [2.24, 2.45) is 29.6 Å². The second-order valence-electron chi connectivity index (χ2n) is 8.43. The third-order valence-electron chi connectivity index (χ3n) is 7.14. The third-order valence-corrected chi connectivity index (χ3v) is 7.14. The van der Waals surface area contributed by atoms with Crippen molar-refractivity contribution in [2.45, 2.75) is 51.0 Å². The van der Waals surface area contributed by atoms with Crippen molar-refractivity contribution >= 4 is 5.91 Å². The van der Waals surface area contributed by atoms with E-state index < -0.39 is 0 Å². The van der Waals surface area contributed by atoms with Crippen LogP contribution in [-0.4, -0.2) is 22.3 Å². The van der Waals surface area contributed by atoms with E-state index in [-0.39, 0.29) is 0 Å². The van der Waals surface area contributed by atoms with E-state index in [1.807, 2.05) is 12.4 Å². The molecule has 4 aliphatic carbocycles. The number of pyridine rings is 1. The summed E-state index contributed by atoms with van der Waals surface area (Å²) in [5.41, 5.74) is 1.27. The van der Waals surface area contributed by atoms with E-state index in [2.05, 4.69) is 22.0 Å². The van der Waals surface area contributed by atoms with Gasteiger partial charge in [-0.1, -0.05) is 0 Å². The van der Waals surface area contributed by atoms with E-state index in [4.69, 9.17) is 0 Å². The quantitative estimate of drug-likeness (QED) is 0.832. The number of carbonyl (C=O) groups is 1. The van der Waals surface area contributed by atoms with Gasteiger partial charge < -0.3 is 4.90 Å². The number of rotatable bonds is 2. The van der Waals surface area contributed by atoms with Gasteiger partial charge in [-0.15, -0.1) is 0 Å². The predicted molar refractivity (Wildman–Crippen MR) is 88.5 cm³/mol. The van der Waals surface area contributed by atoms with Gasteiger partial charge in [-0.05, 0) is 86.3 Å². The summed E-state index contributed by atoms with van der Waals surface area (Å²) >= 11 is 0. The molecule has 1 aromatic heterocycles. The summed E-state index contributed by atoms with van der Waals surface area (Å²) in [5.74, 6) is 4.09. The Kier molecular flexibility index (Phi) is 3.24. The van der Waals surface area contributed by atoms with Gasteiger partial charge in [-0.3, -0.25) is 9.78 Å². The van der Waals surface area contributed by atoms with Gasteiger partial charge in [-0.25, -0.2) is 0 Å². The van der Waals surface area contributed by atoms with Gasteiger partial charge in [0.2, 0.25) is 5.91 Å². The second kappa shape index (κ2) is 5.32. The van der Waals surface area contributed by atoms with Gasteiger partial charge in [-0.2, -0.15) is 0 Å². The molecule has 3 nitrogen and oxygen atoms in total. The molecular weight excluding hydrogens is 284 g/mol. The number of carbonyl (C=O) groups excluding carboxylic acids is 1. The Morgan fingerprint density at radius 3 is 2.30 bits per heavy atom. The maximum absolute atomic E-state index is 13.4. The number of nitrogens with zero attached hydrogens (tertiary/aromatic N) is 2. The van der Waals surface area contributed by atoms with Gasteiger partial charge in [0.15, 0.2) is 0 Å². The summed E-state index contributed by atoms with van der Waals surface area (Å²) in [4.78, 5) is 19.8. The fourth-order valence-electron chi connectivity index (χ4n) is 6.48. The molecule has 23 heavy (non-hydrogen) atoms. The molecule has 0 N–H and O–H groups in total. The lowest BCUT2D eigenvalue weighted by Gasteiger charge is -2.54. The second-order valence-corrected chi connectivity index (χ2v) is 8.43. The Morgan fingerprint density at radius 1 is 1.00 bits per heavy atom. The molecule has 4 bridgehead atoms. The number of likely N-dealkylation sites (tertiary alicyclic amines) is 1. The smallest absolute Gasteiger partial charge is 0.226 e. The minimum atomic E-state index is 0.294. The molecule has 6 rings (SSSR count). The number of amides is 1. The molecule has 1 amide bonds. The summed E-state index contributed by atoms with van der Waals surface area (Å²) in [6.07, 6.45) is 12.8. The maximum Gasteiger partial charge on any atom is 0.226 e. The van der Waals surface area contributed by atoms with E-state index in [1.54, 1.807) is 0 Å². The molecule has 0 aromatic carbocycles. The lowest BCUT2D eigenvalue weighted by atomic mass is 9.51. The molecule has 5 fully saturated rings. The van der Waals surface area contributed by atoms with Crippen LogP contribution in [0.1, 0.15) is 56.6 Å². The highest BCUT2D eigenvalue weighted by molar-refractivity contribution is 5.80. The predicted octanol–water partition coefficient (Wildman–Crippen LogP) is 3.82. The van der Waals surface area contributed by atoms with Crippen LogP contribution >= 0.6 is 0 Å². The normalized spacial score (nSPS) is 41.5. The first-order chi connectivity index (χ1) is 11.3. The highest BCUT2D eigenvalue weighted by Crippen LogP contribution is 2.57. The lowest BCUT2D eigenvalue weighted by Crippen LogP contribution is -2.51. The first-order valence-corrected chi connectivity index (χ1v) is 9.50. The van der Waals surface area contributed by atoms with Crippen LogP contribution in [0.2, 0.25) is 0 Å². The molecule has 0 radical (unpaired) electrons. The van der Waals surface area contributed by atoms with E-state index >= 15 is 0 Å². The van der Waals surface area contributed by atoms with Crippen LogP contribution < -0.4 is 0 Å². The van der Waals surface area contributed by atoms with E-state index in [0.29, 0.717) is 29.7 Å². The average Bonchev–Trinajstić information content (AvgIpc) is 3.04. The Balaban J connectivity index is 1.40. The van der Waals surface area contributed by atoms with Crippen LogP contribution in [-0.2, 0) is 4.79 Å². The zero-order chi connectivity index (χ0) is 15.4. The minimum Gasteiger partial charge on any atom is -0.335 e. The van der Waals surface area contributed by atoms with Crippen LogP contribution in [0, 0.1) is 29.6 Å². The number of hydrogen-bond acceptors (Lipinski definition) is 2. The molecule has 1 atom stereocenters. The van der Waals surface area contributed by atoms with Crippen LogP contribution in [0.3, 0.4) is 0 Å². The van der Waals surface area contributed by atoms with Crippen LogP contribution in [0.4, 0.5) is 0 Å². The monoisotopic (exact) mass is 310 g/mol. The molecule has 5 aliphatic rings. The molecule has 1 unspecified atom stereocenters. The van der Waals surface area contributed by atoms with Gasteiger partial charge in [0.25, 0.3) is 0 Å². The van der Waals surface area contributed by atoms with Gasteiger partial charge >= 0.3 is 0 Å². The van der Waals surface area contributed by atoms with Crippen molar-refractivity contribution in [2.75, 3.05) is 6.54 Å². The van der Waals surface area contributed by atoms with E-state index in [9.17, 15) is 4.79 Å². The van der Waals surface area contributed by atoms with Crippen LogP contribution in [0.25, 0.3) is 0 Å². The van der Waals surface area contributed by atoms with Gasteiger partial charge in [0.05, 0.1) is 6.04 Å². The highest BCUT2D eigenvalue weighted by Gasteiger charge is 2.52. The summed E-state index contributed by atoms with van der Waals surface area (Å²) in [5, 5.41) is 0. The van der Waals surface area contributed by atoms with Crippen molar-refractivity contribution in [3.05, 3.63) is 30.1 Å². The Labute approximate surface area is 138 Å². The molecule has 0 spiro atoms. The van der Waals surface area contributed by atoms with Crippen LogP contribution in [0.5, 0.6) is 0 Å². The SMILES string of the molecule is O=C(C1C2CC3CC(C2)CC1C3)N1CCCC1c1ccncc1. The van der Waals surface area contributed by atoms with Gasteiger partial charge in [0, 0.05) is 24.9 Å². The van der Waals surface area contributed by atoms with Crippen molar-refractivity contribution in [1.82, 2.24) is 9.88 Å². The first kappa shape index (κ1) is 14.0. The zero-order valence-corrected chi connectivity index (χ0v) is 13.7. The van der Waals surface area contributed by atoms with Crippen molar-refractivity contribution in [3.8, 4) is 0 Å². The van der Waals surface area contributed by atoms with Crippen molar-refractivity contribution in [1.29, 1.82) is 0 Å². The highest BCUT2D eigenvalue weighted by atomic mass is 16.2. The molecule has 2 heterocycles. The van der Waals surface area contributed by atoms with Crippen LogP contribution in [0.15, 0.2) is 24.5 Å². The molecular formula is C20H26N2O. The molecule has 1 aliphatic heterocycles. The van der Waals surface area contributed by atoms with Crippen molar-refractivity contribution in [3.63, 3.8) is 0 Å². The largest absolute Gasteiger partial charge is 0.335 e.